The number of H-pyrrole nitrogens is 2. The number of nitrogens with one attached hydrogen (secondary N) is 4. The molecule has 10 rings (SSSR count). The van der Waals surface area contributed by atoms with Gasteiger partial charge in [0.05, 0.1) is 11.0 Å². The Labute approximate surface area is 374 Å². The lowest BCUT2D eigenvalue weighted by Gasteiger charge is -2.25. The Morgan fingerprint density at radius 2 is 1.03 bits per heavy atom. The van der Waals surface area contributed by atoms with Crippen molar-refractivity contribution in [1.82, 2.24) is 39.3 Å². The molecule has 2 aliphatic carbocycles. The predicted octanol–water partition coefficient (Wildman–Crippen LogP) is 10.3. The smallest absolute Gasteiger partial charge is 0.261 e. The fourth-order valence-corrected chi connectivity index (χ4v) is 10.9. The molecule has 6 atom stereocenters. The van der Waals surface area contributed by atoms with Crippen LogP contribution in [0.5, 0.6) is 0 Å². The van der Waals surface area contributed by atoms with Crippen LogP contribution in [0.25, 0.3) is 31.5 Å². The first-order chi connectivity index (χ1) is 30.9. The molecule has 2 fully saturated rings. The maximum atomic E-state index is 12.8. The molecule has 0 amide bonds. The monoisotopic (exact) mass is 860 g/mol. The number of anilines is 4. The van der Waals surface area contributed by atoms with Gasteiger partial charge >= 0.3 is 0 Å². The van der Waals surface area contributed by atoms with Gasteiger partial charge < -0.3 is 30.3 Å². The summed E-state index contributed by atoms with van der Waals surface area (Å²) >= 11 is 0. The Morgan fingerprint density at radius 1 is 0.625 bits per heavy atom. The van der Waals surface area contributed by atoms with Gasteiger partial charge in [-0.1, -0.05) is 25.0 Å². The topological polar surface area (TPSA) is 141 Å². The van der Waals surface area contributed by atoms with Crippen molar-refractivity contribution >= 4 is 44.8 Å². The molecule has 2 saturated carbocycles. The largest absolute Gasteiger partial charge is 0.338 e. The number of rotatable bonds is 8. The lowest BCUT2D eigenvalue weighted by Crippen LogP contribution is -2.27. The molecule has 64 heavy (non-hydrogen) atoms. The molecule has 0 radical (unpaired) electrons. The summed E-state index contributed by atoms with van der Waals surface area (Å²) in [6.45, 7) is 30.6. The van der Waals surface area contributed by atoms with Crippen molar-refractivity contribution in [2.75, 3.05) is 10.6 Å². The van der Waals surface area contributed by atoms with E-state index < -0.39 is 0 Å². The predicted molar refractivity (Wildman–Crippen MR) is 254 cm³/mol. The fourth-order valence-electron chi connectivity index (χ4n) is 10.9. The number of hydrogen-bond acceptors (Lipinski definition) is 8. The average Bonchev–Trinajstić information content (AvgIpc) is 4.05. The number of nitrogens with zero attached hydrogens (tertiary/aromatic N) is 8. The van der Waals surface area contributed by atoms with E-state index in [1.165, 1.54) is 22.3 Å². The summed E-state index contributed by atoms with van der Waals surface area (Å²) in [6, 6.07) is 18.3. The number of fused-ring (bicyclic) bond motifs is 4. The molecule has 4 N–H and O–H groups in total. The van der Waals surface area contributed by atoms with E-state index in [9.17, 15) is 9.59 Å². The van der Waals surface area contributed by atoms with Gasteiger partial charge in [0.1, 0.15) is 22.9 Å². The third-order valence-electron chi connectivity index (χ3n) is 14.3. The zero-order valence-corrected chi connectivity index (χ0v) is 37.9. The quantitative estimate of drug-likeness (QED) is 0.111. The van der Waals surface area contributed by atoms with Crippen molar-refractivity contribution in [1.29, 1.82) is 0 Å². The highest BCUT2D eigenvalue weighted by molar-refractivity contribution is 5.92. The highest BCUT2D eigenvalue weighted by Crippen LogP contribution is 2.40. The molecule has 2 aromatic carbocycles. The van der Waals surface area contributed by atoms with Gasteiger partial charge in [-0.05, 0) is 126 Å². The van der Waals surface area contributed by atoms with E-state index in [0.29, 0.717) is 46.6 Å². The summed E-state index contributed by atoms with van der Waals surface area (Å²) in [4.78, 5) is 43.8. The highest BCUT2D eigenvalue weighted by atomic mass is 16.1. The van der Waals surface area contributed by atoms with Gasteiger partial charge in [-0.3, -0.25) is 28.8 Å². The van der Waals surface area contributed by atoms with Crippen LogP contribution in [0.2, 0.25) is 0 Å². The minimum absolute atomic E-state index is 0.00145. The molecule has 332 valence electrons. The van der Waals surface area contributed by atoms with Crippen LogP contribution in [0.1, 0.15) is 139 Å². The summed E-state index contributed by atoms with van der Waals surface area (Å²) in [7, 11) is 0. The normalized spacial score (nSPS) is 23.4. The minimum Gasteiger partial charge on any atom is -0.338 e. The minimum atomic E-state index is -0.160. The van der Waals surface area contributed by atoms with E-state index in [2.05, 4.69) is 118 Å². The van der Waals surface area contributed by atoms with Gasteiger partial charge in [0.15, 0.2) is 11.6 Å². The number of aromatic nitrogens is 6. The molecule has 0 saturated heterocycles. The zero-order valence-electron chi connectivity index (χ0n) is 37.9. The summed E-state index contributed by atoms with van der Waals surface area (Å²) in [5.41, 5.74) is 8.47. The van der Waals surface area contributed by atoms with E-state index >= 15 is 0 Å². The second-order valence-electron chi connectivity index (χ2n) is 18.8. The van der Waals surface area contributed by atoms with Gasteiger partial charge in [0.2, 0.25) is 12.1 Å². The Kier molecular flexibility index (Phi) is 11.9. The van der Waals surface area contributed by atoms with Crippen LogP contribution in [0.15, 0.2) is 70.5 Å². The SMILES string of the molecule is [C-]#[N+][C@H]1CCCC[C@@H]1n1nc(Nc2ccc3c(c2)CN(C(C)C)C3C)c2c(=O)[nH]ccc21.[C-]#[N+][C@H]1CCCC[C@@H]1n1nc(Nc2ccc3c(c2)CN(C(C)C)C3C)c2c(=O)[nH]ccc21. The Balaban J connectivity index is 0.000000162. The van der Waals surface area contributed by atoms with Gasteiger partial charge in [-0.15, -0.1) is 0 Å². The van der Waals surface area contributed by atoms with Crippen LogP contribution in [-0.4, -0.2) is 63.5 Å². The Morgan fingerprint density at radius 3 is 1.42 bits per heavy atom. The molecule has 2 aliphatic heterocycles. The molecule has 4 aliphatic rings. The van der Waals surface area contributed by atoms with Crippen molar-refractivity contribution in [3.05, 3.63) is 127 Å². The maximum absolute atomic E-state index is 12.8. The summed E-state index contributed by atoms with van der Waals surface area (Å²) in [6.07, 6.45) is 11.3. The molecular formula is C50H60N12O2. The van der Waals surface area contributed by atoms with Gasteiger partial charge in [0.25, 0.3) is 11.1 Å². The van der Waals surface area contributed by atoms with E-state index in [1.807, 2.05) is 21.5 Å². The third-order valence-corrected chi connectivity index (χ3v) is 14.3. The van der Waals surface area contributed by atoms with Crippen molar-refractivity contribution in [3.63, 3.8) is 0 Å². The molecule has 0 bridgehead atoms. The number of pyridine rings is 2. The molecule has 2 unspecified atom stereocenters. The zero-order chi connectivity index (χ0) is 44.8. The van der Waals surface area contributed by atoms with Crippen LogP contribution < -0.4 is 21.8 Å². The lowest BCUT2D eigenvalue weighted by molar-refractivity contribution is 0.180. The van der Waals surface area contributed by atoms with E-state index in [4.69, 9.17) is 23.3 Å². The molecule has 14 heteroatoms. The number of aromatic amines is 2. The highest BCUT2D eigenvalue weighted by Gasteiger charge is 2.36. The van der Waals surface area contributed by atoms with E-state index in [1.54, 1.807) is 12.4 Å². The molecule has 14 nitrogen and oxygen atoms in total. The first kappa shape index (κ1) is 43.1. The number of benzene rings is 2. The first-order valence-corrected chi connectivity index (χ1v) is 23.2. The van der Waals surface area contributed by atoms with Gasteiger partial charge in [-0.2, -0.15) is 10.2 Å². The third kappa shape index (κ3) is 7.88. The summed E-state index contributed by atoms with van der Waals surface area (Å²) < 4.78 is 3.84. The molecule has 4 aromatic heterocycles. The average molecular weight is 861 g/mol. The molecular weight excluding hydrogens is 801 g/mol. The van der Waals surface area contributed by atoms with E-state index in [-0.39, 0.29) is 35.3 Å². The molecule has 0 spiro atoms. The van der Waals surface area contributed by atoms with Gasteiger partial charge in [-0.25, -0.2) is 13.1 Å². The van der Waals surface area contributed by atoms with Crippen LogP contribution in [0, 0.1) is 13.1 Å². The Hall–Kier alpha value is -6.22. The van der Waals surface area contributed by atoms with Crippen molar-refractivity contribution < 1.29 is 0 Å². The standard InChI is InChI=1S/2C25H30N6O/c2*1-15(2)30-14-17-13-18(9-10-19(17)16(30)3)28-24-23-22(11-12-27-25(23)32)31(29-24)21-8-6-5-7-20(21)26-4/h2*9-13,15-16,20-21H,5-8,14H2,1-3H3,(H,27,32)(H,28,29)/t2*16?,20-,21-/m00/s1. The van der Waals surface area contributed by atoms with Crippen LogP contribution in [0.4, 0.5) is 23.0 Å². The second-order valence-corrected chi connectivity index (χ2v) is 18.8. The maximum Gasteiger partial charge on any atom is 0.261 e. The van der Waals surface area contributed by atoms with E-state index in [0.717, 1.165) is 86.9 Å². The molecule has 6 heterocycles. The van der Waals surface area contributed by atoms with Crippen LogP contribution in [0.3, 0.4) is 0 Å². The van der Waals surface area contributed by atoms with Crippen LogP contribution >= 0.6 is 0 Å². The first-order valence-electron chi connectivity index (χ1n) is 23.2. The Bertz CT molecular complexity index is 2690. The van der Waals surface area contributed by atoms with Crippen LogP contribution in [-0.2, 0) is 13.1 Å². The number of hydrogen-bond donors (Lipinski definition) is 4. The fraction of sp³-hybridized carbons (Fsp3) is 0.480. The second kappa shape index (κ2) is 17.7. The molecule has 6 aromatic rings. The van der Waals surface area contributed by atoms with Gasteiger partial charge in [0, 0.05) is 73.9 Å². The summed E-state index contributed by atoms with van der Waals surface area (Å²) in [5.74, 6) is 1.12. The van der Waals surface area contributed by atoms with Crippen molar-refractivity contribution in [2.24, 2.45) is 0 Å². The lowest BCUT2D eigenvalue weighted by atomic mass is 9.91. The van der Waals surface area contributed by atoms with Crippen molar-refractivity contribution in [2.45, 2.75) is 154 Å². The van der Waals surface area contributed by atoms with Crippen molar-refractivity contribution in [3.8, 4) is 0 Å². The summed E-state index contributed by atoms with van der Waals surface area (Å²) in [5, 5.41) is 17.7.